The van der Waals surface area contributed by atoms with Gasteiger partial charge in [-0.15, -0.1) is 5.10 Å². The van der Waals surface area contributed by atoms with Crippen LogP contribution in [0, 0.1) is 6.92 Å². The number of benzene rings is 1. The van der Waals surface area contributed by atoms with Crippen LogP contribution >= 0.6 is 0 Å². The minimum Gasteiger partial charge on any atom is -0.496 e. The van der Waals surface area contributed by atoms with Gasteiger partial charge in [0.1, 0.15) is 5.75 Å². The van der Waals surface area contributed by atoms with Crippen molar-refractivity contribution >= 4 is 5.91 Å². The van der Waals surface area contributed by atoms with Crippen LogP contribution in [-0.2, 0) is 5.41 Å². The summed E-state index contributed by atoms with van der Waals surface area (Å²) in [5.41, 5.74) is 2.40. The van der Waals surface area contributed by atoms with Gasteiger partial charge in [0.05, 0.1) is 18.8 Å². The average Bonchev–Trinajstić information content (AvgIpc) is 3.40. The summed E-state index contributed by atoms with van der Waals surface area (Å²) in [6.07, 6.45) is 6.46. The van der Waals surface area contributed by atoms with Gasteiger partial charge in [0, 0.05) is 17.5 Å². The number of nitrogens with one attached hydrogen (secondary N) is 2. The van der Waals surface area contributed by atoms with Crippen molar-refractivity contribution in [1.82, 2.24) is 25.6 Å². The molecular weight excluding hydrogens is 366 g/mol. The Morgan fingerprint density at radius 2 is 2.00 bits per heavy atom. The van der Waals surface area contributed by atoms with Crippen LogP contribution in [0.15, 0.2) is 24.3 Å². The van der Waals surface area contributed by atoms with Crippen molar-refractivity contribution in [2.24, 2.45) is 0 Å². The van der Waals surface area contributed by atoms with E-state index in [4.69, 9.17) is 4.74 Å². The molecule has 7 nitrogen and oxygen atoms in total. The smallest absolute Gasteiger partial charge is 0.273 e. The molecule has 29 heavy (non-hydrogen) atoms. The molecule has 2 aliphatic rings. The first-order valence-corrected chi connectivity index (χ1v) is 10.7. The first-order valence-electron chi connectivity index (χ1n) is 10.7. The zero-order valence-corrected chi connectivity index (χ0v) is 17.4. The number of hydrogen-bond donors (Lipinski definition) is 2. The topological polar surface area (TPSA) is 81.1 Å². The van der Waals surface area contributed by atoms with E-state index in [2.05, 4.69) is 33.1 Å². The number of carbonyl (C=O) groups is 1. The summed E-state index contributed by atoms with van der Waals surface area (Å²) in [4.78, 5) is 13.0. The Morgan fingerprint density at radius 3 is 2.72 bits per heavy atom. The van der Waals surface area contributed by atoms with Crippen molar-refractivity contribution in [3.63, 3.8) is 0 Å². The van der Waals surface area contributed by atoms with Gasteiger partial charge in [-0.3, -0.25) is 4.79 Å². The Bertz CT molecular complexity index is 851. The highest BCUT2D eigenvalue weighted by Gasteiger charge is 2.38. The standard InChI is InChI=1S/C22H31N5O2/c1-16-20(25-26-27(16)17-9-13-23-14-10-17)21(28)24-15-22(11-5-6-12-22)18-7-3-4-8-19(18)29-2/h3-4,7-8,17,23H,5-6,9-15H2,1-2H3,(H,24,28). The minimum absolute atomic E-state index is 0.0821. The third-order valence-corrected chi connectivity index (χ3v) is 6.62. The average molecular weight is 398 g/mol. The van der Waals surface area contributed by atoms with Crippen molar-refractivity contribution in [3.05, 3.63) is 41.2 Å². The van der Waals surface area contributed by atoms with E-state index in [1.54, 1.807) is 7.11 Å². The number of methoxy groups -OCH3 is 1. The number of amides is 1. The number of piperidine rings is 1. The van der Waals surface area contributed by atoms with Gasteiger partial charge in [-0.25, -0.2) is 4.68 Å². The molecule has 1 saturated carbocycles. The van der Waals surface area contributed by atoms with Crippen LogP contribution in [0.2, 0.25) is 0 Å². The second-order valence-corrected chi connectivity index (χ2v) is 8.32. The highest BCUT2D eigenvalue weighted by Crippen LogP contribution is 2.44. The van der Waals surface area contributed by atoms with Crippen molar-refractivity contribution in [2.75, 3.05) is 26.7 Å². The molecule has 1 amide bonds. The summed E-state index contributed by atoms with van der Waals surface area (Å²) in [7, 11) is 1.71. The summed E-state index contributed by atoms with van der Waals surface area (Å²) in [6.45, 7) is 4.49. The predicted octanol–water partition coefficient (Wildman–Crippen LogP) is 2.76. The summed E-state index contributed by atoms with van der Waals surface area (Å²) >= 11 is 0. The molecular formula is C22H31N5O2. The minimum atomic E-state index is -0.135. The molecule has 1 aromatic carbocycles. The van der Waals surface area contributed by atoms with Gasteiger partial charge < -0.3 is 15.4 Å². The highest BCUT2D eigenvalue weighted by atomic mass is 16.5. The van der Waals surface area contributed by atoms with E-state index in [-0.39, 0.29) is 11.3 Å². The van der Waals surface area contributed by atoms with Crippen molar-refractivity contribution in [3.8, 4) is 5.75 Å². The van der Waals surface area contributed by atoms with E-state index in [1.165, 1.54) is 18.4 Å². The maximum atomic E-state index is 13.0. The lowest BCUT2D eigenvalue weighted by molar-refractivity contribution is 0.0937. The van der Waals surface area contributed by atoms with Crippen LogP contribution in [0.25, 0.3) is 0 Å². The predicted molar refractivity (Wildman–Crippen MR) is 111 cm³/mol. The molecule has 2 fully saturated rings. The molecule has 7 heteroatoms. The highest BCUT2D eigenvalue weighted by molar-refractivity contribution is 5.93. The number of carbonyl (C=O) groups excluding carboxylic acids is 1. The third-order valence-electron chi connectivity index (χ3n) is 6.62. The second-order valence-electron chi connectivity index (χ2n) is 8.32. The fourth-order valence-electron chi connectivity index (χ4n) is 4.96. The van der Waals surface area contributed by atoms with Gasteiger partial charge >= 0.3 is 0 Å². The Morgan fingerprint density at radius 1 is 1.28 bits per heavy atom. The zero-order valence-electron chi connectivity index (χ0n) is 17.4. The number of ether oxygens (including phenoxy) is 1. The molecule has 2 N–H and O–H groups in total. The van der Waals surface area contributed by atoms with Gasteiger partial charge in [0.25, 0.3) is 5.91 Å². The van der Waals surface area contributed by atoms with Crippen LogP contribution in [0.4, 0.5) is 0 Å². The van der Waals surface area contributed by atoms with E-state index in [1.807, 2.05) is 23.7 Å². The number of nitrogens with zero attached hydrogens (tertiary/aromatic N) is 3. The summed E-state index contributed by atoms with van der Waals surface area (Å²) < 4.78 is 7.55. The molecule has 0 unspecified atom stereocenters. The SMILES string of the molecule is COc1ccccc1C1(CNC(=O)c2nnn(C3CCNCC3)c2C)CCCC1. The molecule has 156 valence electrons. The monoisotopic (exact) mass is 397 g/mol. The molecule has 2 heterocycles. The zero-order chi connectivity index (χ0) is 20.3. The molecule has 1 aromatic heterocycles. The number of aromatic nitrogens is 3. The molecule has 1 aliphatic carbocycles. The van der Waals surface area contributed by atoms with Crippen molar-refractivity contribution in [1.29, 1.82) is 0 Å². The molecule has 0 bridgehead atoms. The Labute approximate surface area is 172 Å². The summed E-state index contributed by atoms with van der Waals surface area (Å²) in [5.74, 6) is 0.764. The third kappa shape index (κ3) is 3.88. The molecule has 1 aliphatic heterocycles. The molecule has 0 spiro atoms. The lowest BCUT2D eigenvalue weighted by Crippen LogP contribution is -2.39. The molecule has 0 radical (unpaired) electrons. The first kappa shape index (κ1) is 19.9. The number of para-hydroxylation sites is 1. The van der Waals surface area contributed by atoms with Gasteiger partial charge in [0.2, 0.25) is 0 Å². The molecule has 4 rings (SSSR count). The van der Waals surface area contributed by atoms with E-state index >= 15 is 0 Å². The number of hydrogen-bond acceptors (Lipinski definition) is 5. The van der Waals surface area contributed by atoms with Crippen LogP contribution < -0.4 is 15.4 Å². The van der Waals surface area contributed by atoms with Gasteiger partial charge in [-0.05, 0) is 51.8 Å². The first-order chi connectivity index (χ1) is 14.1. The lowest BCUT2D eigenvalue weighted by Gasteiger charge is -2.31. The van der Waals surface area contributed by atoms with Crippen LogP contribution in [0.3, 0.4) is 0 Å². The van der Waals surface area contributed by atoms with E-state index in [9.17, 15) is 4.79 Å². The van der Waals surface area contributed by atoms with Crippen LogP contribution in [-0.4, -0.2) is 47.6 Å². The summed E-state index contributed by atoms with van der Waals surface area (Å²) in [5, 5.41) is 15.1. The van der Waals surface area contributed by atoms with Gasteiger partial charge in [-0.2, -0.15) is 0 Å². The molecule has 2 aromatic rings. The normalized spacial score (nSPS) is 19.2. The number of rotatable bonds is 6. The molecule has 0 atom stereocenters. The lowest BCUT2D eigenvalue weighted by atomic mass is 9.78. The summed E-state index contributed by atoms with van der Waals surface area (Å²) in [6, 6.07) is 8.50. The van der Waals surface area contributed by atoms with E-state index in [0.29, 0.717) is 18.3 Å². The fraction of sp³-hybridized carbons (Fsp3) is 0.591. The maximum absolute atomic E-state index is 13.0. The molecule has 1 saturated heterocycles. The van der Waals surface area contributed by atoms with Crippen molar-refractivity contribution < 1.29 is 9.53 Å². The fourth-order valence-corrected chi connectivity index (χ4v) is 4.96. The van der Waals surface area contributed by atoms with E-state index < -0.39 is 0 Å². The van der Waals surface area contributed by atoms with Crippen LogP contribution in [0.5, 0.6) is 5.75 Å². The van der Waals surface area contributed by atoms with Crippen molar-refractivity contribution in [2.45, 2.75) is 56.9 Å². The van der Waals surface area contributed by atoms with Gasteiger partial charge in [0.15, 0.2) is 5.69 Å². The van der Waals surface area contributed by atoms with Gasteiger partial charge in [-0.1, -0.05) is 36.3 Å². The Balaban J connectivity index is 1.50. The van der Waals surface area contributed by atoms with Crippen LogP contribution in [0.1, 0.15) is 66.3 Å². The van der Waals surface area contributed by atoms with E-state index in [0.717, 1.165) is 50.2 Å². The largest absolute Gasteiger partial charge is 0.496 e. The Hall–Kier alpha value is -2.41. The quantitative estimate of drug-likeness (QED) is 0.783. The Kier molecular flexibility index (Phi) is 5.85. The maximum Gasteiger partial charge on any atom is 0.273 e. The second kappa shape index (κ2) is 8.53.